The van der Waals surface area contributed by atoms with E-state index in [1.165, 1.54) is 7.11 Å². The number of nitrogens with one attached hydrogen (secondary N) is 1. The molecule has 0 radical (unpaired) electrons. The second kappa shape index (κ2) is 8.44. The summed E-state index contributed by atoms with van der Waals surface area (Å²) in [4.78, 5) is 24.8. The standard InChI is InChI=1S/C20H23N5O2/c1-3-4-11-22-18-17-16(24-20(21)25-18)10-9-15(23-17)12-13-5-7-14(8-6-13)19(26)27-2/h5-10H,3-4,11-12H2,1-2H3,(H3,21,22,24,25). The third-order valence-electron chi connectivity index (χ3n) is 4.20. The number of carbonyl (C=O) groups excluding carboxylic acids is 1. The Hall–Kier alpha value is -3.22. The highest BCUT2D eigenvalue weighted by atomic mass is 16.5. The number of hydrogen-bond donors (Lipinski definition) is 2. The molecule has 0 unspecified atom stereocenters. The number of methoxy groups -OCH3 is 1. The first-order valence-electron chi connectivity index (χ1n) is 8.95. The average molecular weight is 365 g/mol. The van der Waals surface area contributed by atoms with E-state index >= 15 is 0 Å². The lowest BCUT2D eigenvalue weighted by molar-refractivity contribution is 0.0600. The van der Waals surface area contributed by atoms with Crippen LogP contribution in [0.4, 0.5) is 11.8 Å². The van der Waals surface area contributed by atoms with Gasteiger partial charge < -0.3 is 15.8 Å². The fourth-order valence-corrected chi connectivity index (χ4v) is 2.76. The summed E-state index contributed by atoms with van der Waals surface area (Å²) in [6, 6.07) is 11.1. The van der Waals surface area contributed by atoms with Crippen LogP contribution in [-0.4, -0.2) is 34.6 Å². The van der Waals surface area contributed by atoms with Gasteiger partial charge in [0.25, 0.3) is 0 Å². The van der Waals surface area contributed by atoms with Crippen molar-refractivity contribution in [2.45, 2.75) is 26.2 Å². The quantitative estimate of drug-likeness (QED) is 0.489. The van der Waals surface area contributed by atoms with E-state index in [1.54, 1.807) is 12.1 Å². The van der Waals surface area contributed by atoms with Gasteiger partial charge in [-0.3, -0.25) is 0 Å². The predicted molar refractivity (Wildman–Crippen MR) is 106 cm³/mol. The van der Waals surface area contributed by atoms with E-state index in [9.17, 15) is 4.79 Å². The van der Waals surface area contributed by atoms with Crippen molar-refractivity contribution in [1.82, 2.24) is 15.0 Å². The third kappa shape index (κ3) is 4.49. The number of rotatable bonds is 7. The number of nitrogen functional groups attached to an aromatic ring is 1. The van der Waals surface area contributed by atoms with Gasteiger partial charge in [-0.15, -0.1) is 0 Å². The zero-order valence-corrected chi connectivity index (χ0v) is 15.5. The lowest BCUT2D eigenvalue weighted by Crippen LogP contribution is -2.08. The molecule has 2 heterocycles. The van der Waals surface area contributed by atoms with Crippen LogP contribution in [0, 0.1) is 0 Å². The Bertz CT molecular complexity index is 941. The van der Waals surface area contributed by atoms with E-state index in [0.29, 0.717) is 28.8 Å². The molecular weight excluding hydrogens is 342 g/mol. The molecule has 0 amide bonds. The number of fused-ring (bicyclic) bond motifs is 1. The van der Waals surface area contributed by atoms with Gasteiger partial charge >= 0.3 is 5.97 Å². The Morgan fingerprint density at radius 3 is 2.59 bits per heavy atom. The van der Waals surface area contributed by atoms with Crippen molar-refractivity contribution in [3.05, 3.63) is 53.2 Å². The van der Waals surface area contributed by atoms with Gasteiger partial charge in [-0.2, -0.15) is 4.98 Å². The summed E-state index contributed by atoms with van der Waals surface area (Å²) in [6.07, 6.45) is 2.76. The number of unbranched alkanes of at least 4 members (excludes halogenated alkanes) is 1. The minimum atomic E-state index is -0.345. The van der Waals surface area contributed by atoms with E-state index in [1.807, 2.05) is 24.3 Å². The summed E-state index contributed by atoms with van der Waals surface area (Å²) in [6.45, 7) is 2.94. The number of nitrogens with two attached hydrogens (primary N) is 1. The number of benzene rings is 1. The fourth-order valence-electron chi connectivity index (χ4n) is 2.76. The van der Waals surface area contributed by atoms with E-state index in [-0.39, 0.29) is 11.9 Å². The van der Waals surface area contributed by atoms with Gasteiger partial charge in [0.15, 0.2) is 5.82 Å². The molecule has 3 aromatic rings. The predicted octanol–water partition coefficient (Wildman–Crippen LogP) is 3.20. The van der Waals surface area contributed by atoms with Gasteiger partial charge in [-0.05, 0) is 36.2 Å². The van der Waals surface area contributed by atoms with Crippen LogP contribution in [0.25, 0.3) is 11.0 Å². The lowest BCUT2D eigenvalue weighted by Gasteiger charge is -2.10. The number of carbonyl (C=O) groups is 1. The second-order valence-electron chi connectivity index (χ2n) is 6.25. The van der Waals surface area contributed by atoms with Crippen LogP contribution in [-0.2, 0) is 11.2 Å². The van der Waals surface area contributed by atoms with Gasteiger partial charge in [-0.1, -0.05) is 25.5 Å². The molecule has 3 rings (SSSR count). The molecule has 140 valence electrons. The summed E-state index contributed by atoms with van der Waals surface area (Å²) in [7, 11) is 1.37. The topological polar surface area (TPSA) is 103 Å². The van der Waals surface area contributed by atoms with Crippen LogP contribution < -0.4 is 11.1 Å². The Labute approximate surface area is 158 Å². The molecule has 27 heavy (non-hydrogen) atoms. The number of hydrogen-bond acceptors (Lipinski definition) is 7. The number of anilines is 2. The van der Waals surface area contributed by atoms with Crippen molar-refractivity contribution in [3.63, 3.8) is 0 Å². The monoisotopic (exact) mass is 365 g/mol. The summed E-state index contributed by atoms with van der Waals surface area (Å²) in [5.41, 5.74) is 9.70. The molecule has 0 bridgehead atoms. The van der Waals surface area contributed by atoms with Crippen LogP contribution in [0.3, 0.4) is 0 Å². The Kier molecular flexibility index (Phi) is 5.80. The summed E-state index contributed by atoms with van der Waals surface area (Å²) < 4.78 is 4.72. The normalized spacial score (nSPS) is 10.7. The number of aromatic nitrogens is 3. The minimum absolute atomic E-state index is 0.231. The molecule has 0 aliphatic rings. The highest BCUT2D eigenvalue weighted by Gasteiger charge is 2.10. The molecule has 0 atom stereocenters. The first-order chi connectivity index (χ1) is 13.1. The Morgan fingerprint density at radius 2 is 1.89 bits per heavy atom. The van der Waals surface area contributed by atoms with Gasteiger partial charge in [0.05, 0.1) is 18.2 Å². The molecule has 0 fully saturated rings. The molecule has 0 aliphatic carbocycles. The van der Waals surface area contributed by atoms with Gasteiger partial charge in [-0.25, -0.2) is 14.8 Å². The summed E-state index contributed by atoms with van der Waals surface area (Å²) >= 11 is 0. The highest BCUT2D eigenvalue weighted by Crippen LogP contribution is 2.21. The van der Waals surface area contributed by atoms with E-state index in [4.69, 9.17) is 15.5 Å². The first kappa shape index (κ1) is 18.6. The first-order valence-corrected chi connectivity index (χ1v) is 8.95. The molecule has 3 N–H and O–H groups in total. The van der Waals surface area contributed by atoms with Gasteiger partial charge in [0, 0.05) is 18.7 Å². The number of nitrogens with zero attached hydrogens (tertiary/aromatic N) is 3. The zero-order valence-electron chi connectivity index (χ0n) is 15.5. The molecule has 0 aliphatic heterocycles. The van der Waals surface area contributed by atoms with Crippen LogP contribution in [0.15, 0.2) is 36.4 Å². The van der Waals surface area contributed by atoms with Crippen molar-refractivity contribution in [1.29, 1.82) is 0 Å². The largest absolute Gasteiger partial charge is 0.465 e. The Morgan fingerprint density at radius 1 is 1.11 bits per heavy atom. The maximum Gasteiger partial charge on any atom is 0.337 e. The average Bonchev–Trinajstić information content (AvgIpc) is 2.68. The number of pyridine rings is 1. The van der Waals surface area contributed by atoms with Crippen molar-refractivity contribution >= 4 is 28.8 Å². The van der Waals surface area contributed by atoms with E-state index in [0.717, 1.165) is 30.6 Å². The fraction of sp³-hybridized carbons (Fsp3) is 0.300. The van der Waals surface area contributed by atoms with Crippen molar-refractivity contribution < 1.29 is 9.53 Å². The molecule has 1 aromatic carbocycles. The lowest BCUT2D eigenvalue weighted by atomic mass is 10.1. The van der Waals surface area contributed by atoms with Crippen LogP contribution in [0.2, 0.25) is 0 Å². The molecule has 7 heteroatoms. The van der Waals surface area contributed by atoms with E-state index < -0.39 is 0 Å². The van der Waals surface area contributed by atoms with Crippen LogP contribution >= 0.6 is 0 Å². The molecule has 7 nitrogen and oxygen atoms in total. The van der Waals surface area contributed by atoms with Crippen molar-refractivity contribution in [3.8, 4) is 0 Å². The number of ether oxygens (including phenoxy) is 1. The van der Waals surface area contributed by atoms with Crippen molar-refractivity contribution in [2.75, 3.05) is 24.7 Å². The second-order valence-corrected chi connectivity index (χ2v) is 6.25. The third-order valence-corrected chi connectivity index (χ3v) is 4.20. The van der Waals surface area contributed by atoms with Gasteiger partial charge in [0.1, 0.15) is 5.52 Å². The van der Waals surface area contributed by atoms with Crippen molar-refractivity contribution in [2.24, 2.45) is 0 Å². The molecule has 0 saturated heterocycles. The maximum atomic E-state index is 11.5. The summed E-state index contributed by atoms with van der Waals surface area (Å²) in [5, 5.41) is 3.30. The Balaban J connectivity index is 1.85. The highest BCUT2D eigenvalue weighted by molar-refractivity contribution is 5.89. The zero-order chi connectivity index (χ0) is 19.2. The minimum Gasteiger partial charge on any atom is -0.465 e. The summed E-state index contributed by atoms with van der Waals surface area (Å²) in [5.74, 6) is 0.547. The molecule has 0 spiro atoms. The molecular formula is C20H23N5O2. The number of esters is 1. The SMILES string of the molecule is CCCCNc1nc(N)nc2ccc(Cc3ccc(C(=O)OC)cc3)nc12. The van der Waals surface area contributed by atoms with Crippen LogP contribution in [0.1, 0.15) is 41.4 Å². The van der Waals surface area contributed by atoms with Crippen LogP contribution in [0.5, 0.6) is 0 Å². The van der Waals surface area contributed by atoms with Gasteiger partial charge in [0.2, 0.25) is 5.95 Å². The molecule has 0 saturated carbocycles. The van der Waals surface area contributed by atoms with E-state index in [2.05, 4.69) is 22.2 Å². The molecule has 2 aromatic heterocycles. The smallest absolute Gasteiger partial charge is 0.337 e. The maximum absolute atomic E-state index is 11.5.